The molecule has 0 aromatic heterocycles. The highest BCUT2D eigenvalue weighted by Gasteiger charge is 2.67. The van der Waals surface area contributed by atoms with Crippen molar-refractivity contribution in [3.05, 3.63) is 93.2 Å². The molecule has 0 spiro atoms. The fourth-order valence-electron chi connectivity index (χ4n) is 4.00. The van der Waals surface area contributed by atoms with Crippen molar-refractivity contribution in [1.82, 2.24) is 0 Å². The van der Waals surface area contributed by atoms with Gasteiger partial charge in [-0.1, -0.05) is 41.4 Å². The molecule has 10 heteroatoms. The lowest BCUT2D eigenvalue weighted by Gasteiger charge is -2.10. The van der Waals surface area contributed by atoms with Crippen molar-refractivity contribution in [1.29, 1.82) is 0 Å². The van der Waals surface area contributed by atoms with Gasteiger partial charge < -0.3 is 10.6 Å². The molecule has 1 fully saturated rings. The minimum atomic E-state index is -1.39. The number of carbonyl (C=O) groups is 3. The van der Waals surface area contributed by atoms with Crippen LogP contribution in [0.2, 0.25) is 10.0 Å². The van der Waals surface area contributed by atoms with E-state index in [1.165, 1.54) is 37.3 Å². The summed E-state index contributed by atoms with van der Waals surface area (Å²) in [7, 11) is 0. The molecule has 2 N–H and O–H groups in total. The predicted molar refractivity (Wildman–Crippen MR) is 141 cm³/mol. The van der Waals surface area contributed by atoms with E-state index in [2.05, 4.69) is 10.6 Å². The smallest absolute Gasteiger partial charge is 0.231 e. The molecule has 2 atom stereocenters. The maximum atomic E-state index is 13.5. The minimum Gasteiger partial charge on any atom is -0.326 e. The molecule has 186 valence electrons. The zero-order valence-corrected chi connectivity index (χ0v) is 21.8. The lowest BCUT2D eigenvalue weighted by atomic mass is 10.0. The van der Waals surface area contributed by atoms with E-state index in [0.29, 0.717) is 16.9 Å². The molecule has 3 aromatic carbocycles. The zero-order chi connectivity index (χ0) is 26.2. The van der Waals surface area contributed by atoms with Gasteiger partial charge in [0.2, 0.25) is 11.8 Å². The summed E-state index contributed by atoms with van der Waals surface area (Å²) < 4.78 is 12.1. The molecule has 36 heavy (non-hydrogen) atoms. The van der Waals surface area contributed by atoms with Gasteiger partial charge in [0.05, 0.1) is 16.0 Å². The van der Waals surface area contributed by atoms with Crippen LogP contribution in [0.1, 0.15) is 34.3 Å². The van der Waals surface area contributed by atoms with Crippen molar-refractivity contribution >= 4 is 75.4 Å². The number of alkyl halides is 2. The number of carbonyl (C=O) groups excluding carboxylic acids is 3. The van der Waals surface area contributed by atoms with E-state index in [1.807, 2.05) is 0 Å². The van der Waals surface area contributed by atoms with E-state index in [0.717, 1.165) is 5.56 Å². The van der Waals surface area contributed by atoms with Crippen molar-refractivity contribution in [2.75, 3.05) is 10.6 Å². The number of Topliss-reactive ketones (excluding diaryl/α,β-unsaturated/α-hetero) is 1. The first-order chi connectivity index (χ1) is 17.0. The Labute approximate surface area is 226 Å². The molecular weight excluding hydrogens is 549 g/mol. The molecule has 1 saturated carbocycles. The van der Waals surface area contributed by atoms with Gasteiger partial charge in [0.1, 0.15) is 10.2 Å². The highest BCUT2D eigenvalue weighted by Crippen LogP contribution is 2.65. The Morgan fingerprint density at radius 2 is 1.56 bits per heavy atom. The Bertz CT molecular complexity index is 1360. The second kappa shape index (κ2) is 10.4. The summed E-state index contributed by atoms with van der Waals surface area (Å²) in [5.41, 5.74) is 2.48. The van der Waals surface area contributed by atoms with Crippen molar-refractivity contribution in [3.8, 4) is 0 Å². The molecule has 2 amide bonds. The Kier molecular flexibility index (Phi) is 7.62. The van der Waals surface area contributed by atoms with Crippen LogP contribution in [-0.4, -0.2) is 21.9 Å². The van der Waals surface area contributed by atoms with Gasteiger partial charge in [0.15, 0.2) is 5.78 Å². The lowest BCUT2D eigenvalue weighted by Crippen LogP contribution is -2.17. The van der Waals surface area contributed by atoms with Gasteiger partial charge in [-0.3, -0.25) is 14.4 Å². The van der Waals surface area contributed by atoms with Crippen LogP contribution < -0.4 is 10.6 Å². The van der Waals surface area contributed by atoms with E-state index < -0.39 is 27.9 Å². The molecule has 0 radical (unpaired) electrons. The fourth-order valence-corrected chi connectivity index (χ4v) is 5.24. The minimum absolute atomic E-state index is 0.0694. The third kappa shape index (κ3) is 5.68. The first-order valence-electron chi connectivity index (χ1n) is 10.8. The first-order valence-corrected chi connectivity index (χ1v) is 12.3. The van der Waals surface area contributed by atoms with E-state index in [-0.39, 0.29) is 33.7 Å². The normalized spacial score (nSPS) is 17.8. The highest BCUT2D eigenvalue weighted by molar-refractivity contribution is 6.53. The summed E-state index contributed by atoms with van der Waals surface area (Å²) in [6.07, 6.45) is 0.0694. The van der Waals surface area contributed by atoms with Crippen LogP contribution in [0.15, 0.2) is 60.7 Å². The van der Waals surface area contributed by atoms with Crippen molar-refractivity contribution < 1.29 is 18.8 Å². The van der Waals surface area contributed by atoms with Gasteiger partial charge in [-0.2, -0.15) is 0 Å². The van der Waals surface area contributed by atoms with Crippen molar-refractivity contribution in [2.45, 2.75) is 23.6 Å². The van der Waals surface area contributed by atoms with Crippen LogP contribution in [0.4, 0.5) is 15.8 Å². The first kappa shape index (κ1) is 26.4. The summed E-state index contributed by atoms with van der Waals surface area (Å²) >= 11 is 24.9. The van der Waals surface area contributed by atoms with Crippen LogP contribution >= 0.6 is 46.4 Å². The lowest BCUT2D eigenvalue weighted by molar-refractivity contribution is -0.117. The molecule has 5 nitrogen and oxygen atoms in total. The number of rotatable bonds is 7. The second-order valence-electron chi connectivity index (χ2n) is 8.47. The van der Waals surface area contributed by atoms with Crippen molar-refractivity contribution in [2.24, 2.45) is 5.92 Å². The third-order valence-electron chi connectivity index (χ3n) is 5.81. The van der Waals surface area contributed by atoms with Gasteiger partial charge in [-0.25, -0.2) is 4.39 Å². The number of benzene rings is 3. The topological polar surface area (TPSA) is 75.3 Å². The number of anilines is 2. The van der Waals surface area contributed by atoms with E-state index in [4.69, 9.17) is 46.4 Å². The summed E-state index contributed by atoms with van der Waals surface area (Å²) in [6.45, 7) is 1.41. The van der Waals surface area contributed by atoms with Gasteiger partial charge in [0, 0.05) is 36.2 Å². The summed E-state index contributed by atoms with van der Waals surface area (Å²) in [5.74, 6) is -2.87. The number of hydrogen-bond acceptors (Lipinski definition) is 3. The monoisotopic (exact) mass is 566 g/mol. The van der Waals surface area contributed by atoms with Gasteiger partial charge in [-0.05, 0) is 53.6 Å². The maximum absolute atomic E-state index is 13.5. The zero-order valence-electron chi connectivity index (χ0n) is 18.7. The van der Waals surface area contributed by atoms with Crippen LogP contribution in [0.3, 0.4) is 0 Å². The second-order valence-corrected chi connectivity index (χ2v) is 10.7. The Morgan fingerprint density at radius 3 is 2.19 bits per heavy atom. The van der Waals surface area contributed by atoms with Crippen molar-refractivity contribution in [3.63, 3.8) is 0 Å². The van der Waals surface area contributed by atoms with Crippen LogP contribution in [-0.2, 0) is 16.0 Å². The molecule has 3 aromatic rings. The average Bonchev–Trinajstić information content (AvgIpc) is 3.39. The fraction of sp³-hybridized carbons (Fsp3) is 0.192. The quantitative estimate of drug-likeness (QED) is 0.237. The van der Waals surface area contributed by atoms with Crippen LogP contribution in [0, 0.1) is 11.7 Å². The number of ketones is 1. The molecule has 0 bridgehead atoms. The number of halogens is 5. The molecule has 1 aliphatic carbocycles. The molecule has 0 heterocycles. The number of nitrogens with one attached hydrogen (secondary N) is 2. The highest BCUT2D eigenvalue weighted by atomic mass is 35.5. The van der Waals surface area contributed by atoms with E-state index in [1.54, 1.807) is 30.3 Å². The Morgan fingerprint density at radius 1 is 0.889 bits per heavy atom. The maximum Gasteiger partial charge on any atom is 0.231 e. The SMILES string of the molecule is CC(=O)Nc1ccc(CC(=O)c2cc(NC(=O)C3C(c4ccc(F)c(Cl)c4)C3(Cl)Cl)ccc2Cl)cc1. The average molecular weight is 568 g/mol. The van der Waals surface area contributed by atoms with E-state index >= 15 is 0 Å². The van der Waals surface area contributed by atoms with E-state index in [9.17, 15) is 18.8 Å². The Balaban J connectivity index is 1.46. The van der Waals surface area contributed by atoms with Crippen LogP contribution in [0.25, 0.3) is 0 Å². The summed E-state index contributed by atoms with van der Waals surface area (Å²) in [4.78, 5) is 37.0. The van der Waals surface area contributed by atoms with Gasteiger partial charge in [0.25, 0.3) is 0 Å². The summed E-state index contributed by atoms with van der Waals surface area (Å²) in [6, 6.07) is 15.5. The standard InChI is InChI=1S/C26H19Cl4FN2O3/c1-13(34)32-16-5-2-14(3-6-16)10-22(35)18-12-17(7-8-19(18)27)33-25(36)24-23(26(24,29)30)15-4-9-21(31)20(28)11-15/h2-9,11-12,23-24H,10H2,1H3,(H,32,34)(H,33,36). The number of amides is 2. The van der Waals surface area contributed by atoms with Gasteiger partial charge >= 0.3 is 0 Å². The van der Waals surface area contributed by atoms with Crippen LogP contribution in [0.5, 0.6) is 0 Å². The van der Waals surface area contributed by atoms with Gasteiger partial charge in [-0.15, -0.1) is 23.2 Å². The molecule has 0 saturated heterocycles. The molecule has 4 rings (SSSR count). The third-order valence-corrected chi connectivity index (χ3v) is 7.37. The molecule has 2 unspecified atom stereocenters. The molecular formula is C26H19Cl4FN2O3. The summed E-state index contributed by atoms with van der Waals surface area (Å²) in [5, 5.41) is 5.54. The predicted octanol–water partition coefficient (Wildman–Crippen LogP) is 7.04. The largest absolute Gasteiger partial charge is 0.326 e. The Hall–Kier alpha value is -2.64. The molecule has 0 aliphatic heterocycles. The molecule has 1 aliphatic rings. The number of hydrogen-bond donors (Lipinski definition) is 2.